The van der Waals surface area contributed by atoms with Crippen LogP contribution < -0.4 is 0 Å². The number of thioether (sulfide) groups is 1. The molecule has 0 heterocycles. The molecular formula is C26H44N2S3. The molecule has 5 heteroatoms. The van der Waals surface area contributed by atoms with Gasteiger partial charge in [-0.05, 0) is 63.1 Å². The van der Waals surface area contributed by atoms with Crippen LogP contribution in [0.4, 0.5) is 0 Å². The van der Waals surface area contributed by atoms with E-state index in [4.69, 9.17) is 24.4 Å². The molecule has 4 rings (SSSR count). The molecule has 31 heavy (non-hydrogen) atoms. The molecule has 0 amide bonds. The molecule has 0 aliphatic heterocycles. The summed E-state index contributed by atoms with van der Waals surface area (Å²) in [5.74, 6) is 0. The van der Waals surface area contributed by atoms with Gasteiger partial charge in [0.25, 0.3) is 0 Å². The molecule has 0 radical (unpaired) electrons. The predicted molar refractivity (Wildman–Crippen MR) is 144 cm³/mol. The molecule has 0 saturated heterocycles. The Bertz CT molecular complexity index is 485. The summed E-state index contributed by atoms with van der Waals surface area (Å²) in [5, 5.41) is 0. The van der Waals surface area contributed by atoms with Crippen molar-refractivity contribution in [3.05, 3.63) is 0 Å². The summed E-state index contributed by atoms with van der Waals surface area (Å²) < 4.78 is 2.22. The van der Waals surface area contributed by atoms with Gasteiger partial charge in [0.1, 0.15) is 8.64 Å². The van der Waals surface area contributed by atoms with E-state index in [1.54, 1.807) is 11.8 Å². The normalized spacial score (nSPS) is 25.3. The fraction of sp³-hybridized carbons (Fsp3) is 0.923. The Labute approximate surface area is 206 Å². The maximum absolute atomic E-state index is 6.21. The van der Waals surface area contributed by atoms with Crippen LogP contribution >= 0.6 is 36.2 Å². The van der Waals surface area contributed by atoms with Crippen molar-refractivity contribution in [2.24, 2.45) is 0 Å². The van der Waals surface area contributed by atoms with Crippen molar-refractivity contribution >= 4 is 44.8 Å². The Morgan fingerprint density at radius 3 is 0.871 bits per heavy atom. The maximum atomic E-state index is 6.21. The van der Waals surface area contributed by atoms with Crippen LogP contribution in [0.3, 0.4) is 0 Å². The lowest BCUT2D eigenvalue weighted by Crippen LogP contribution is -2.50. The summed E-state index contributed by atoms with van der Waals surface area (Å²) in [6, 6.07) is 2.66. The lowest BCUT2D eigenvalue weighted by molar-refractivity contribution is 0.162. The third-order valence-corrected chi connectivity index (χ3v) is 10.2. The minimum absolute atomic E-state index is 0.664. The zero-order valence-corrected chi connectivity index (χ0v) is 22.0. The Kier molecular flexibility index (Phi) is 9.82. The molecule has 0 spiro atoms. The van der Waals surface area contributed by atoms with Gasteiger partial charge in [0.15, 0.2) is 0 Å². The average Bonchev–Trinajstić information content (AvgIpc) is 2.82. The number of thiocarbonyl (C=S) groups is 2. The van der Waals surface area contributed by atoms with Gasteiger partial charge in [0.2, 0.25) is 0 Å². The largest absolute Gasteiger partial charge is 0.351 e. The van der Waals surface area contributed by atoms with Gasteiger partial charge >= 0.3 is 0 Å². The Balaban J connectivity index is 1.47. The highest BCUT2D eigenvalue weighted by Crippen LogP contribution is 2.36. The highest BCUT2D eigenvalue weighted by molar-refractivity contribution is 8.37. The highest BCUT2D eigenvalue weighted by Gasteiger charge is 2.35. The van der Waals surface area contributed by atoms with Gasteiger partial charge < -0.3 is 9.80 Å². The minimum Gasteiger partial charge on any atom is -0.351 e. The van der Waals surface area contributed by atoms with Gasteiger partial charge in [-0.3, -0.25) is 0 Å². The summed E-state index contributed by atoms with van der Waals surface area (Å²) in [6.07, 6.45) is 27.3. The van der Waals surface area contributed by atoms with Crippen LogP contribution in [-0.2, 0) is 0 Å². The first-order valence-corrected chi connectivity index (χ1v) is 15.2. The van der Waals surface area contributed by atoms with E-state index in [9.17, 15) is 0 Å². The summed E-state index contributed by atoms with van der Waals surface area (Å²) in [5.41, 5.74) is 0. The Morgan fingerprint density at radius 2 is 0.645 bits per heavy atom. The fourth-order valence-electron chi connectivity index (χ4n) is 6.81. The zero-order chi connectivity index (χ0) is 21.5. The first-order chi connectivity index (χ1) is 15.2. The molecule has 0 aromatic carbocycles. The molecule has 176 valence electrons. The van der Waals surface area contributed by atoms with E-state index >= 15 is 0 Å². The first-order valence-electron chi connectivity index (χ1n) is 13.6. The molecule has 4 saturated carbocycles. The van der Waals surface area contributed by atoms with Crippen LogP contribution in [0.25, 0.3) is 0 Å². The monoisotopic (exact) mass is 480 g/mol. The molecule has 0 bridgehead atoms. The van der Waals surface area contributed by atoms with Crippen LogP contribution in [-0.4, -0.2) is 42.6 Å². The van der Waals surface area contributed by atoms with Crippen molar-refractivity contribution in [2.75, 3.05) is 0 Å². The number of hydrogen-bond donors (Lipinski definition) is 0. The van der Waals surface area contributed by atoms with E-state index < -0.39 is 0 Å². The fourth-order valence-corrected chi connectivity index (χ4v) is 8.99. The number of nitrogens with zero attached hydrogens (tertiary/aromatic N) is 2. The molecule has 2 nitrogen and oxygen atoms in total. The molecule has 0 unspecified atom stereocenters. The standard InChI is InChI=1S/C26H44N2S3/c29-25(27(21-13-5-1-6-14-21)22-15-7-2-8-16-22)31-26(30)28(23-17-9-3-10-18-23)24-19-11-4-12-20-24/h21-24H,1-20H2. The summed E-state index contributed by atoms with van der Waals surface area (Å²) in [6.45, 7) is 0. The van der Waals surface area contributed by atoms with Gasteiger partial charge in [-0.1, -0.05) is 101 Å². The van der Waals surface area contributed by atoms with Gasteiger partial charge in [-0.15, -0.1) is 0 Å². The lowest BCUT2D eigenvalue weighted by atomic mass is 9.89. The number of rotatable bonds is 4. The van der Waals surface area contributed by atoms with Crippen LogP contribution in [0.1, 0.15) is 128 Å². The summed E-state index contributed by atoms with van der Waals surface area (Å²) in [7, 11) is 0. The molecule has 4 aliphatic rings. The van der Waals surface area contributed by atoms with Crippen molar-refractivity contribution in [1.29, 1.82) is 0 Å². The van der Waals surface area contributed by atoms with Gasteiger partial charge in [0, 0.05) is 24.2 Å². The number of hydrogen-bond acceptors (Lipinski definition) is 3. The van der Waals surface area contributed by atoms with Crippen molar-refractivity contribution < 1.29 is 0 Å². The molecular weight excluding hydrogens is 437 g/mol. The van der Waals surface area contributed by atoms with Gasteiger partial charge in [-0.2, -0.15) is 0 Å². The minimum atomic E-state index is 0.664. The summed E-state index contributed by atoms with van der Waals surface area (Å²) in [4.78, 5) is 5.43. The van der Waals surface area contributed by atoms with Gasteiger partial charge in [0.05, 0.1) is 0 Å². The highest BCUT2D eigenvalue weighted by atomic mass is 32.2. The maximum Gasteiger partial charge on any atom is 0.143 e. The smallest absolute Gasteiger partial charge is 0.143 e. The van der Waals surface area contributed by atoms with Crippen molar-refractivity contribution in [1.82, 2.24) is 9.80 Å². The molecule has 0 atom stereocenters. The molecule has 4 fully saturated rings. The third-order valence-electron chi connectivity index (χ3n) is 8.47. The van der Waals surface area contributed by atoms with E-state index in [1.165, 1.54) is 128 Å². The first kappa shape index (κ1) is 24.3. The van der Waals surface area contributed by atoms with Crippen LogP contribution in [0, 0.1) is 0 Å². The van der Waals surface area contributed by atoms with Crippen molar-refractivity contribution in [2.45, 2.75) is 153 Å². The SMILES string of the molecule is S=C(SC(=S)N(C1CCCCC1)C1CCCCC1)N(C1CCCCC1)C1CCCCC1. The molecule has 0 N–H and O–H groups in total. The average molecular weight is 481 g/mol. The Hall–Kier alpha value is 0.130. The topological polar surface area (TPSA) is 6.48 Å². The predicted octanol–water partition coefficient (Wildman–Crippen LogP) is 8.22. The quantitative estimate of drug-likeness (QED) is 0.373. The van der Waals surface area contributed by atoms with Gasteiger partial charge in [-0.25, -0.2) is 0 Å². The van der Waals surface area contributed by atoms with E-state index in [0.29, 0.717) is 24.2 Å². The van der Waals surface area contributed by atoms with E-state index in [1.807, 2.05) is 0 Å². The van der Waals surface area contributed by atoms with Crippen LogP contribution in [0.2, 0.25) is 0 Å². The van der Waals surface area contributed by atoms with Crippen LogP contribution in [0.5, 0.6) is 0 Å². The van der Waals surface area contributed by atoms with Crippen LogP contribution in [0.15, 0.2) is 0 Å². The second-order valence-corrected chi connectivity index (χ2v) is 12.9. The lowest BCUT2D eigenvalue weighted by Gasteiger charge is -2.45. The van der Waals surface area contributed by atoms with E-state index in [2.05, 4.69) is 9.80 Å². The molecule has 0 aromatic heterocycles. The summed E-state index contributed by atoms with van der Waals surface area (Å²) >= 11 is 14.2. The zero-order valence-electron chi connectivity index (χ0n) is 19.6. The van der Waals surface area contributed by atoms with Crippen molar-refractivity contribution in [3.8, 4) is 0 Å². The second-order valence-electron chi connectivity index (χ2n) is 10.6. The third kappa shape index (κ3) is 6.59. The molecule has 4 aliphatic carbocycles. The van der Waals surface area contributed by atoms with E-state index in [0.717, 1.165) is 8.64 Å². The molecule has 0 aromatic rings. The second kappa shape index (κ2) is 12.6. The van der Waals surface area contributed by atoms with Crippen molar-refractivity contribution in [3.63, 3.8) is 0 Å². The Morgan fingerprint density at radius 1 is 0.419 bits per heavy atom. The van der Waals surface area contributed by atoms with E-state index in [-0.39, 0.29) is 0 Å².